The predicted octanol–water partition coefficient (Wildman–Crippen LogP) is 4.04. The number of ether oxygens (including phenoxy) is 2. The van der Waals surface area contributed by atoms with Gasteiger partial charge in [0, 0.05) is 41.2 Å². The van der Waals surface area contributed by atoms with Crippen LogP contribution in [-0.2, 0) is 9.53 Å². The molecule has 9 heteroatoms. The molecular weight excluding hydrogens is 430 g/mol. The zero-order valence-corrected chi connectivity index (χ0v) is 18.4. The number of morpholine rings is 1. The highest BCUT2D eigenvalue weighted by Crippen LogP contribution is 2.21. The van der Waals surface area contributed by atoms with Crippen LogP contribution in [0.25, 0.3) is 0 Å². The number of carbonyl (C=O) groups excluding carboxylic acids is 1. The first-order valence-electron chi connectivity index (χ1n) is 10.3. The second-order valence-corrected chi connectivity index (χ2v) is 7.72. The number of aromatic nitrogens is 2. The van der Waals surface area contributed by atoms with E-state index in [0.717, 1.165) is 30.3 Å². The summed E-state index contributed by atoms with van der Waals surface area (Å²) in [6, 6.07) is 16.2. The Hall–Kier alpha value is -3.36. The zero-order valence-electron chi connectivity index (χ0n) is 17.7. The maximum atomic E-state index is 12.1. The van der Waals surface area contributed by atoms with Crippen LogP contribution in [0.2, 0.25) is 5.02 Å². The van der Waals surface area contributed by atoms with Crippen molar-refractivity contribution < 1.29 is 14.3 Å². The molecule has 0 atom stereocenters. The molecule has 0 saturated carbocycles. The highest BCUT2D eigenvalue weighted by atomic mass is 35.5. The third kappa shape index (κ3) is 6.09. The number of amides is 1. The van der Waals surface area contributed by atoms with Crippen molar-refractivity contribution in [3.63, 3.8) is 0 Å². The summed E-state index contributed by atoms with van der Waals surface area (Å²) in [6.45, 7) is 4.87. The van der Waals surface area contributed by atoms with Crippen molar-refractivity contribution in [2.75, 3.05) is 48.4 Å². The molecular formula is C23H24ClN5O3. The van der Waals surface area contributed by atoms with Gasteiger partial charge >= 0.3 is 0 Å². The third-order valence-electron chi connectivity index (χ3n) is 4.78. The lowest BCUT2D eigenvalue weighted by atomic mass is 10.2. The largest absolute Gasteiger partial charge is 0.484 e. The zero-order chi connectivity index (χ0) is 22.3. The average molecular weight is 454 g/mol. The van der Waals surface area contributed by atoms with Crippen molar-refractivity contribution in [1.82, 2.24) is 9.97 Å². The molecule has 1 saturated heterocycles. The monoisotopic (exact) mass is 453 g/mol. The minimum Gasteiger partial charge on any atom is -0.484 e. The van der Waals surface area contributed by atoms with Crippen LogP contribution in [-0.4, -0.2) is 48.8 Å². The van der Waals surface area contributed by atoms with Crippen LogP contribution in [0.1, 0.15) is 5.69 Å². The van der Waals surface area contributed by atoms with Crippen LogP contribution in [0.4, 0.5) is 23.1 Å². The van der Waals surface area contributed by atoms with E-state index in [9.17, 15) is 4.79 Å². The number of carbonyl (C=O) groups is 1. The van der Waals surface area contributed by atoms with E-state index in [0.29, 0.717) is 35.6 Å². The molecule has 1 aromatic heterocycles. The fourth-order valence-corrected chi connectivity index (χ4v) is 3.33. The first-order valence-corrected chi connectivity index (χ1v) is 10.7. The van der Waals surface area contributed by atoms with Gasteiger partial charge in [-0.05, 0) is 55.5 Å². The molecule has 166 valence electrons. The smallest absolute Gasteiger partial charge is 0.262 e. The Kier molecular flexibility index (Phi) is 7.03. The lowest BCUT2D eigenvalue weighted by Crippen LogP contribution is -2.36. The average Bonchev–Trinajstić information content (AvgIpc) is 2.80. The molecule has 1 amide bonds. The number of nitrogens with one attached hydrogen (secondary N) is 2. The van der Waals surface area contributed by atoms with Crippen LogP contribution in [0.3, 0.4) is 0 Å². The standard InChI is InChI=1S/C23H24ClN5O3/c1-16-14-21(29-10-12-31-13-11-29)28-23(25-16)27-19-6-4-18(5-7-19)26-22(30)15-32-20-8-2-17(24)3-9-20/h2-9,14H,10-13,15H2,1H3,(H,26,30)(H,25,27,28). The van der Waals surface area contributed by atoms with Gasteiger partial charge in [-0.25, -0.2) is 4.98 Å². The third-order valence-corrected chi connectivity index (χ3v) is 5.04. The van der Waals surface area contributed by atoms with Gasteiger partial charge in [0.25, 0.3) is 5.91 Å². The Bertz CT molecular complexity index is 1050. The molecule has 2 heterocycles. The van der Waals surface area contributed by atoms with E-state index in [2.05, 4.69) is 25.5 Å². The Morgan fingerprint density at radius 2 is 1.75 bits per heavy atom. The second-order valence-electron chi connectivity index (χ2n) is 7.28. The first kappa shape index (κ1) is 21.9. The lowest BCUT2D eigenvalue weighted by Gasteiger charge is -2.28. The van der Waals surface area contributed by atoms with E-state index in [1.807, 2.05) is 25.1 Å². The van der Waals surface area contributed by atoms with Crippen LogP contribution in [0, 0.1) is 6.92 Å². The quantitative estimate of drug-likeness (QED) is 0.558. The summed E-state index contributed by atoms with van der Waals surface area (Å²) >= 11 is 5.84. The van der Waals surface area contributed by atoms with Gasteiger partial charge in [-0.15, -0.1) is 0 Å². The molecule has 32 heavy (non-hydrogen) atoms. The SMILES string of the molecule is Cc1cc(N2CCOCC2)nc(Nc2ccc(NC(=O)COc3ccc(Cl)cc3)cc2)n1. The van der Waals surface area contributed by atoms with Gasteiger partial charge in [0.1, 0.15) is 11.6 Å². The lowest BCUT2D eigenvalue weighted by molar-refractivity contribution is -0.118. The summed E-state index contributed by atoms with van der Waals surface area (Å²) in [5.74, 6) is 1.74. The van der Waals surface area contributed by atoms with Gasteiger partial charge in [0.05, 0.1) is 13.2 Å². The van der Waals surface area contributed by atoms with Crippen molar-refractivity contribution in [3.8, 4) is 5.75 Å². The van der Waals surface area contributed by atoms with Crippen molar-refractivity contribution in [1.29, 1.82) is 0 Å². The van der Waals surface area contributed by atoms with Gasteiger partial charge in [-0.3, -0.25) is 4.79 Å². The number of aryl methyl sites for hydroxylation is 1. The van der Waals surface area contributed by atoms with Crippen LogP contribution < -0.4 is 20.3 Å². The van der Waals surface area contributed by atoms with E-state index in [1.165, 1.54) is 0 Å². The van der Waals surface area contributed by atoms with Crippen molar-refractivity contribution in [2.24, 2.45) is 0 Å². The topological polar surface area (TPSA) is 88.6 Å². The van der Waals surface area contributed by atoms with Crippen molar-refractivity contribution in [2.45, 2.75) is 6.92 Å². The van der Waals surface area contributed by atoms with Crippen molar-refractivity contribution in [3.05, 3.63) is 65.3 Å². The van der Waals surface area contributed by atoms with Crippen LogP contribution >= 0.6 is 11.6 Å². The molecule has 2 N–H and O–H groups in total. The van der Waals surface area contributed by atoms with Crippen molar-refractivity contribution >= 4 is 40.6 Å². The van der Waals surface area contributed by atoms with Gasteiger partial charge < -0.3 is 25.0 Å². The molecule has 0 radical (unpaired) electrons. The summed E-state index contributed by atoms with van der Waals surface area (Å²) in [4.78, 5) is 23.4. The molecule has 1 aliphatic rings. The number of halogens is 1. The normalized spacial score (nSPS) is 13.5. The number of benzene rings is 2. The van der Waals surface area contributed by atoms with E-state index < -0.39 is 0 Å². The fraction of sp³-hybridized carbons (Fsp3) is 0.261. The Morgan fingerprint density at radius 3 is 2.47 bits per heavy atom. The molecule has 0 unspecified atom stereocenters. The first-order chi connectivity index (χ1) is 15.5. The molecule has 0 spiro atoms. The van der Waals surface area contributed by atoms with Gasteiger partial charge in [-0.2, -0.15) is 4.98 Å². The number of nitrogens with zero attached hydrogens (tertiary/aromatic N) is 3. The van der Waals surface area contributed by atoms with E-state index in [4.69, 9.17) is 21.1 Å². The van der Waals surface area contributed by atoms with Gasteiger partial charge in [0.2, 0.25) is 5.95 Å². The Labute approximate surface area is 191 Å². The number of hydrogen-bond donors (Lipinski definition) is 2. The Balaban J connectivity index is 1.33. The second kappa shape index (κ2) is 10.3. The van der Waals surface area contributed by atoms with Gasteiger partial charge in [0.15, 0.2) is 6.61 Å². The molecule has 0 bridgehead atoms. The predicted molar refractivity (Wildman–Crippen MR) is 125 cm³/mol. The summed E-state index contributed by atoms with van der Waals surface area (Å²) in [7, 11) is 0. The number of anilines is 4. The molecule has 8 nitrogen and oxygen atoms in total. The fourth-order valence-electron chi connectivity index (χ4n) is 3.21. The summed E-state index contributed by atoms with van der Waals surface area (Å²) in [6.07, 6.45) is 0. The molecule has 3 aromatic rings. The minimum atomic E-state index is -0.252. The maximum absolute atomic E-state index is 12.1. The van der Waals surface area contributed by atoms with E-state index in [1.54, 1.807) is 36.4 Å². The minimum absolute atomic E-state index is 0.0942. The summed E-state index contributed by atoms with van der Waals surface area (Å²) < 4.78 is 10.9. The van der Waals surface area contributed by atoms with Crippen LogP contribution in [0.15, 0.2) is 54.6 Å². The highest BCUT2D eigenvalue weighted by molar-refractivity contribution is 6.30. The highest BCUT2D eigenvalue weighted by Gasteiger charge is 2.14. The summed E-state index contributed by atoms with van der Waals surface area (Å²) in [5, 5.41) is 6.65. The van der Waals surface area contributed by atoms with Crippen LogP contribution in [0.5, 0.6) is 5.75 Å². The maximum Gasteiger partial charge on any atom is 0.262 e. The molecule has 0 aliphatic carbocycles. The Morgan fingerprint density at radius 1 is 1.06 bits per heavy atom. The van der Waals surface area contributed by atoms with E-state index in [-0.39, 0.29) is 12.5 Å². The van der Waals surface area contributed by atoms with Gasteiger partial charge in [-0.1, -0.05) is 11.6 Å². The number of rotatable bonds is 7. The number of hydrogen-bond acceptors (Lipinski definition) is 7. The molecule has 1 aliphatic heterocycles. The van der Waals surface area contributed by atoms with E-state index >= 15 is 0 Å². The summed E-state index contributed by atoms with van der Waals surface area (Å²) in [5.41, 5.74) is 2.37. The molecule has 1 fully saturated rings. The molecule has 2 aromatic carbocycles. The molecule has 4 rings (SSSR count).